The Labute approximate surface area is 320 Å². The number of fused-ring (bicyclic) bond motifs is 2. The summed E-state index contributed by atoms with van der Waals surface area (Å²) in [6.45, 7) is 0. The van der Waals surface area contributed by atoms with Gasteiger partial charge in [-0.3, -0.25) is 9.59 Å². The van der Waals surface area contributed by atoms with Gasteiger partial charge in [-0.15, -0.1) is 0 Å². The number of amides is 2. The summed E-state index contributed by atoms with van der Waals surface area (Å²) in [7, 11) is 0. The number of aliphatic carboxylic acids is 2. The van der Waals surface area contributed by atoms with Crippen LogP contribution in [0, 0.1) is 0 Å². The van der Waals surface area contributed by atoms with Crippen molar-refractivity contribution < 1.29 is 29.4 Å². The number of aromatic amines is 2. The van der Waals surface area contributed by atoms with Gasteiger partial charge in [-0.25, -0.2) is 0 Å². The van der Waals surface area contributed by atoms with Gasteiger partial charge in [0.15, 0.2) is 0 Å². The average Bonchev–Trinajstić information content (AvgIpc) is 3.69. The smallest absolute Gasteiger partial charge is 0.548 e. The molecule has 0 aliphatic rings. The Balaban J connectivity index is 0.000000216. The van der Waals surface area contributed by atoms with E-state index in [-0.39, 0.29) is 50.6 Å². The number of carboxylic acids is 2. The molecule has 0 saturated carbocycles. The largest absolute Gasteiger partial charge is 2.00 e. The summed E-state index contributed by atoms with van der Waals surface area (Å²) in [6, 6.07) is 25.3. The zero-order valence-corrected chi connectivity index (χ0v) is 29.6. The van der Waals surface area contributed by atoms with Gasteiger partial charge >= 0.3 is 37.7 Å². The summed E-state index contributed by atoms with van der Waals surface area (Å²) < 4.78 is 0. The van der Waals surface area contributed by atoms with Crippen LogP contribution >= 0.6 is 23.2 Å². The molecule has 0 saturated heterocycles. The van der Waals surface area contributed by atoms with E-state index in [0.717, 1.165) is 32.9 Å². The number of carboxylic acid groups (broad SMARTS) is 2. The van der Waals surface area contributed by atoms with Crippen LogP contribution in [0.1, 0.15) is 31.8 Å². The van der Waals surface area contributed by atoms with Gasteiger partial charge in [-0.1, -0.05) is 59.6 Å². The van der Waals surface area contributed by atoms with Crippen molar-refractivity contribution in [1.29, 1.82) is 0 Å². The minimum atomic E-state index is -1.33. The van der Waals surface area contributed by atoms with Crippen molar-refractivity contribution in [2.45, 2.75) is 24.9 Å². The van der Waals surface area contributed by atoms with E-state index in [1.54, 1.807) is 36.7 Å². The van der Waals surface area contributed by atoms with E-state index in [4.69, 9.17) is 23.2 Å². The second-order valence-corrected chi connectivity index (χ2v) is 11.7. The van der Waals surface area contributed by atoms with Crippen LogP contribution in [0.2, 0.25) is 10.0 Å². The Bertz CT molecular complexity index is 1930. The number of nitrogens with one attached hydrogen (secondary N) is 4. The molecular weight excluding hydrogens is 695 g/mol. The molecule has 6 rings (SSSR count). The average molecular weight is 724 g/mol. The summed E-state index contributed by atoms with van der Waals surface area (Å²) in [5.74, 6) is -3.63. The third kappa shape index (κ3) is 9.87. The number of carbonyl (C=O) groups excluding carboxylic acids is 4. The molecule has 0 radical (unpaired) electrons. The number of rotatable bonds is 10. The number of para-hydroxylation sites is 2. The Kier molecular flexibility index (Phi) is 13.3. The Morgan fingerprint density at radius 1 is 0.571 bits per heavy atom. The monoisotopic (exact) mass is 722 g/mol. The van der Waals surface area contributed by atoms with Gasteiger partial charge < -0.3 is 40.4 Å². The molecule has 2 heterocycles. The molecule has 4 N–H and O–H groups in total. The SMILES string of the molecule is O=C(NC(Cc1c[nH]c2ccccc12)C(=O)[O-])c1ccc(Cl)cc1.O=C(NC(Cc1c[nH]c2ccccc12)C(=O)[O-])c1ccc(Cl)cc1.[Ca+2]. The van der Waals surface area contributed by atoms with Crippen LogP contribution in [0.5, 0.6) is 0 Å². The molecule has 0 aliphatic heterocycles. The molecule has 0 aliphatic carbocycles. The molecular formula is C36H28CaCl2N4O6. The maximum Gasteiger partial charge on any atom is 2.00 e. The van der Waals surface area contributed by atoms with Crippen molar-refractivity contribution in [2.75, 3.05) is 0 Å². The fourth-order valence-corrected chi connectivity index (χ4v) is 5.37. The third-order valence-electron chi connectivity index (χ3n) is 7.59. The Morgan fingerprint density at radius 2 is 0.918 bits per heavy atom. The van der Waals surface area contributed by atoms with Crippen LogP contribution in [-0.2, 0) is 22.4 Å². The zero-order valence-electron chi connectivity index (χ0n) is 25.9. The van der Waals surface area contributed by atoms with Crippen molar-refractivity contribution in [3.8, 4) is 0 Å². The number of hydrogen-bond acceptors (Lipinski definition) is 6. The van der Waals surface area contributed by atoms with Crippen LogP contribution in [0.3, 0.4) is 0 Å². The fraction of sp³-hybridized carbons (Fsp3) is 0.111. The van der Waals surface area contributed by atoms with Crippen LogP contribution in [0.15, 0.2) is 109 Å². The van der Waals surface area contributed by atoms with Gasteiger partial charge in [0.25, 0.3) is 11.8 Å². The molecule has 6 aromatic rings. The summed E-state index contributed by atoms with van der Waals surface area (Å²) in [5.41, 5.74) is 4.10. The molecule has 2 amide bonds. The molecule has 0 bridgehead atoms. The van der Waals surface area contributed by atoms with Crippen LogP contribution in [-0.4, -0.2) is 83.5 Å². The van der Waals surface area contributed by atoms with Crippen molar-refractivity contribution >= 4 is 106 Å². The second kappa shape index (κ2) is 17.4. The topological polar surface area (TPSA) is 170 Å². The van der Waals surface area contributed by atoms with E-state index in [2.05, 4.69) is 20.6 Å². The number of carbonyl (C=O) groups is 4. The molecule has 2 atom stereocenters. The first-order valence-electron chi connectivity index (χ1n) is 14.7. The van der Waals surface area contributed by atoms with E-state index >= 15 is 0 Å². The first-order valence-corrected chi connectivity index (χ1v) is 15.5. The van der Waals surface area contributed by atoms with E-state index in [1.807, 2.05) is 48.5 Å². The molecule has 13 heteroatoms. The summed E-state index contributed by atoms with van der Waals surface area (Å²) in [6.07, 6.45) is 3.75. The van der Waals surface area contributed by atoms with Gasteiger partial charge in [-0.2, -0.15) is 0 Å². The molecule has 2 aromatic heterocycles. The van der Waals surface area contributed by atoms with Gasteiger partial charge in [0.1, 0.15) is 0 Å². The summed E-state index contributed by atoms with van der Waals surface area (Å²) in [5, 5.41) is 30.7. The molecule has 0 fully saturated rings. The number of hydrogen-bond donors (Lipinski definition) is 4. The molecule has 49 heavy (non-hydrogen) atoms. The molecule has 4 aromatic carbocycles. The number of aromatic nitrogens is 2. The van der Waals surface area contributed by atoms with Crippen molar-refractivity contribution in [1.82, 2.24) is 20.6 Å². The predicted molar refractivity (Wildman–Crippen MR) is 185 cm³/mol. The molecule has 0 spiro atoms. The molecule has 244 valence electrons. The number of halogens is 2. The molecule has 10 nitrogen and oxygen atoms in total. The first kappa shape index (κ1) is 37.5. The van der Waals surface area contributed by atoms with E-state index in [0.29, 0.717) is 21.2 Å². The standard InChI is InChI=1S/2C18H15ClN2O3.Ca/c2*19-13-7-5-11(6-8-13)17(22)21-16(18(23)24)9-12-10-20-15-4-2-1-3-14(12)15;/h2*1-8,10,16,20H,9H2,(H,21,22)(H,23,24);/q;;+2/p-2. The van der Waals surface area contributed by atoms with Gasteiger partial charge in [0.2, 0.25) is 0 Å². The predicted octanol–water partition coefficient (Wildman–Crippen LogP) is 3.44. The zero-order chi connectivity index (χ0) is 34.2. The van der Waals surface area contributed by atoms with Crippen molar-refractivity contribution in [2.24, 2.45) is 0 Å². The van der Waals surface area contributed by atoms with Crippen LogP contribution in [0.25, 0.3) is 21.8 Å². The first-order chi connectivity index (χ1) is 23.1. The normalized spacial score (nSPS) is 11.8. The van der Waals surface area contributed by atoms with Gasteiger partial charge in [0, 0.05) is 68.2 Å². The fourth-order valence-electron chi connectivity index (χ4n) is 5.11. The van der Waals surface area contributed by atoms with Gasteiger partial charge in [0.05, 0.1) is 24.0 Å². The molecule has 2 unspecified atom stereocenters. The summed E-state index contributed by atoms with van der Waals surface area (Å²) >= 11 is 11.6. The van der Waals surface area contributed by atoms with Gasteiger partial charge in [-0.05, 0) is 71.8 Å². The van der Waals surface area contributed by atoms with E-state index in [1.165, 1.54) is 24.3 Å². The number of benzene rings is 4. The second-order valence-electron chi connectivity index (χ2n) is 10.8. The van der Waals surface area contributed by atoms with E-state index < -0.39 is 35.8 Å². The third-order valence-corrected chi connectivity index (χ3v) is 8.09. The quantitative estimate of drug-likeness (QED) is 0.158. The maximum absolute atomic E-state index is 12.2. The Morgan fingerprint density at radius 3 is 1.27 bits per heavy atom. The van der Waals surface area contributed by atoms with Crippen molar-refractivity contribution in [3.63, 3.8) is 0 Å². The van der Waals surface area contributed by atoms with Crippen LogP contribution in [0.4, 0.5) is 0 Å². The van der Waals surface area contributed by atoms with Crippen molar-refractivity contribution in [3.05, 3.63) is 142 Å². The minimum Gasteiger partial charge on any atom is -0.548 e. The summed E-state index contributed by atoms with van der Waals surface area (Å²) in [4.78, 5) is 53.4. The van der Waals surface area contributed by atoms with E-state index in [9.17, 15) is 29.4 Å². The Hall–Kier alpha value is -4.32. The minimum absolute atomic E-state index is 0. The maximum atomic E-state index is 12.2. The van der Waals surface area contributed by atoms with Crippen LogP contribution < -0.4 is 20.8 Å². The number of H-pyrrole nitrogens is 2.